The summed E-state index contributed by atoms with van der Waals surface area (Å²) in [5, 5.41) is 2.96. The summed E-state index contributed by atoms with van der Waals surface area (Å²) in [5.41, 5.74) is 6.84. The van der Waals surface area contributed by atoms with Gasteiger partial charge in [-0.25, -0.2) is 18.4 Å². The number of hydrogen-bond donors (Lipinski definition) is 2. The van der Waals surface area contributed by atoms with Gasteiger partial charge >= 0.3 is 11.8 Å². The lowest BCUT2D eigenvalue weighted by atomic mass is 9.85. The van der Waals surface area contributed by atoms with E-state index in [0.29, 0.717) is 37.2 Å². The Labute approximate surface area is 244 Å². The molecule has 0 aliphatic heterocycles. The van der Waals surface area contributed by atoms with Gasteiger partial charge in [0.15, 0.2) is 0 Å². The number of carbonyl (C=O) groups excluding carboxylic acids is 2. The maximum absolute atomic E-state index is 13.7. The van der Waals surface area contributed by atoms with Crippen LogP contribution in [0.15, 0.2) is 59.7 Å². The molecule has 1 fully saturated rings. The largest absolute Gasteiger partial charge is 0.449 e. The molecule has 0 bridgehead atoms. The average molecular weight is 599 g/mol. The van der Waals surface area contributed by atoms with Gasteiger partial charge in [-0.3, -0.25) is 23.9 Å². The predicted molar refractivity (Wildman–Crippen MR) is 152 cm³/mol. The summed E-state index contributed by atoms with van der Waals surface area (Å²) in [4.78, 5) is 45.3. The van der Waals surface area contributed by atoms with Crippen LogP contribution in [0.4, 0.5) is 13.6 Å². The van der Waals surface area contributed by atoms with Crippen LogP contribution in [-0.4, -0.2) is 43.8 Å². The fourth-order valence-electron chi connectivity index (χ4n) is 5.40. The van der Waals surface area contributed by atoms with Crippen molar-refractivity contribution in [2.75, 3.05) is 6.61 Å². The Kier molecular flexibility index (Phi) is 8.81. The first-order valence-corrected chi connectivity index (χ1v) is 13.9. The minimum atomic E-state index is -2.89. The second-order valence-electron chi connectivity index (χ2n) is 10.2. The molecule has 0 saturated heterocycles. The van der Waals surface area contributed by atoms with Crippen molar-refractivity contribution in [2.45, 2.75) is 51.1 Å². The van der Waals surface area contributed by atoms with Crippen LogP contribution in [0.25, 0.3) is 16.7 Å². The Morgan fingerprint density at radius 2 is 1.81 bits per heavy atom. The molecule has 1 saturated carbocycles. The third kappa shape index (κ3) is 6.43. The zero-order chi connectivity index (χ0) is 29.8. The zero-order valence-electron chi connectivity index (χ0n) is 22.5. The molecule has 3 aromatic heterocycles. The number of nitrogens with two attached hydrogens (primary N) is 1. The van der Waals surface area contributed by atoms with Gasteiger partial charge in [-0.05, 0) is 61.9 Å². The van der Waals surface area contributed by atoms with Crippen LogP contribution >= 0.6 is 11.6 Å². The molecule has 1 aliphatic carbocycles. The Balaban J connectivity index is 1.27. The third-order valence-electron chi connectivity index (χ3n) is 7.46. The van der Waals surface area contributed by atoms with Crippen LogP contribution in [0.3, 0.4) is 0 Å². The van der Waals surface area contributed by atoms with Crippen LogP contribution in [-0.2, 0) is 17.7 Å². The van der Waals surface area contributed by atoms with Gasteiger partial charge in [0.1, 0.15) is 5.69 Å². The second-order valence-corrected chi connectivity index (χ2v) is 10.7. The maximum atomic E-state index is 13.7. The van der Waals surface area contributed by atoms with Gasteiger partial charge in [-0.2, -0.15) is 0 Å². The smallest absolute Gasteiger partial charge is 0.404 e. The number of ether oxygens (including phenoxy) is 1. The van der Waals surface area contributed by atoms with E-state index in [1.165, 1.54) is 6.07 Å². The molecular formula is C29H29ClF2N6O4. The molecule has 0 spiro atoms. The van der Waals surface area contributed by atoms with E-state index < -0.39 is 24.1 Å². The molecule has 0 radical (unpaired) electrons. The molecule has 10 nitrogen and oxygen atoms in total. The summed E-state index contributed by atoms with van der Waals surface area (Å²) in [7, 11) is 0. The number of imidazole rings is 1. The van der Waals surface area contributed by atoms with Crippen molar-refractivity contribution in [1.82, 2.24) is 24.4 Å². The number of benzene rings is 1. The summed E-state index contributed by atoms with van der Waals surface area (Å²) < 4.78 is 34.9. The first-order valence-electron chi connectivity index (χ1n) is 13.5. The summed E-state index contributed by atoms with van der Waals surface area (Å²) in [6, 6.07) is 12.1. The molecule has 3 heterocycles. The van der Waals surface area contributed by atoms with Crippen molar-refractivity contribution in [3.8, 4) is 5.69 Å². The van der Waals surface area contributed by atoms with Gasteiger partial charge < -0.3 is 15.8 Å². The summed E-state index contributed by atoms with van der Waals surface area (Å²) in [6.45, 7) is 0.609. The van der Waals surface area contributed by atoms with Crippen LogP contribution in [0.5, 0.6) is 0 Å². The van der Waals surface area contributed by atoms with Gasteiger partial charge in [0, 0.05) is 30.9 Å². The quantitative estimate of drug-likeness (QED) is 0.284. The lowest BCUT2D eigenvalue weighted by Crippen LogP contribution is -2.39. The lowest BCUT2D eigenvalue weighted by Gasteiger charge is -2.29. The number of amides is 2. The number of nitrogens with one attached hydrogen (secondary N) is 1. The number of primary amides is 1. The van der Waals surface area contributed by atoms with Crippen molar-refractivity contribution in [1.29, 1.82) is 0 Å². The van der Waals surface area contributed by atoms with E-state index in [1.54, 1.807) is 27.5 Å². The first-order chi connectivity index (χ1) is 20.2. The fourth-order valence-corrected chi connectivity index (χ4v) is 5.56. The molecule has 13 heteroatoms. The summed E-state index contributed by atoms with van der Waals surface area (Å²) in [5.74, 6) is -0.437. The number of hydrogen-bond acceptors (Lipinski definition) is 6. The third-order valence-corrected chi connectivity index (χ3v) is 7.67. The molecule has 0 atom stereocenters. The van der Waals surface area contributed by atoms with Gasteiger partial charge in [0.05, 0.1) is 40.1 Å². The molecule has 0 unspecified atom stereocenters. The number of pyridine rings is 2. The van der Waals surface area contributed by atoms with Gasteiger partial charge in [0.25, 0.3) is 12.3 Å². The van der Waals surface area contributed by atoms with E-state index >= 15 is 0 Å². The second kappa shape index (κ2) is 12.7. The van der Waals surface area contributed by atoms with E-state index in [0.717, 1.165) is 30.1 Å². The normalized spacial score (nSPS) is 17.0. The summed E-state index contributed by atoms with van der Waals surface area (Å²) in [6.07, 6.45) is 2.15. The highest BCUT2D eigenvalue weighted by atomic mass is 35.5. The molecule has 4 aromatic rings. The number of nitrogens with zero attached hydrogens (tertiary/aromatic N) is 4. The van der Waals surface area contributed by atoms with E-state index in [9.17, 15) is 23.2 Å². The van der Waals surface area contributed by atoms with Crippen molar-refractivity contribution in [3.63, 3.8) is 0 Å². The minimum Gasteiger partial charge on any atom is -0.449 e. The predicted octanol–water partition coefficient (Wildman–Crippen LogP) is 4.80. The molecule has 1 aromatic carbocycles. The van der Waals surface area contributed by atoms with Crippen LogP contribution in [0.1, 0.15) is 53.9 Å². The van der Waals surface area contributed by atoms with Crippen LogP contribution in [0.2, 0.25) is 5.02 Å². The number of alkyl halides is 2. The molecular weight excluding hydrogens is 570 g/mol. The molecule has 2 amide bonds. The number of rotatable bonds is 9. The highest BCUT2D eigenvalue weighted by Gasteiger charge is 2.27. The van der Waals surface area contributed by atoms with Crippen molar-refractivity contribution in [2.24, 2.45) is 11.7 Å². The van der Waals surface area contributed by atoms with E-state index in [2.05, 4.69) is 15.3 Å². The van der Waals surface area contributed by atoms with Crippen LogP contribution < -0.4 is 16.7 Å². The van der Waals surface area contributed by atoms with Crippen LogP contribution in [0, 0.1) is 5.92 Å². The monoisotopic (exact) mass is 598 g/mol. The Bertz CT molecular complexity index is 1650. The SMILES string of the molecule is NC(=O)OCCc1ccc(-n2c(=O)n(C[C@H]3CC[C@H](NC(=O)c4cc(Cl)cnc4C(F)F)CC3)c3ccccc32)cn1. The Morgan fingerprint density at radius 1 is 1.07 bits per heavy atom. The number of halogens is 3. The first kappa shape index (κ1) is 29.2. The number of para-hydroxylation sites is 2. The fraction of sp³-hybridized carbons (Fsp3) is 0.345. The highest BCUT2D eigenvalue weighted by molar-refractivity contribution is 6.30. The molecule has 1 aliphatic rings. The molecule has 42 heavy (non-hydrogen) atoms. The minimum absolute atomic E-state index is 0.111. The Morgan fingerprint density at radius 3 is 2.48 bits per heavy atom. The van der Waals surface area contributed by atoms with Gasteiger partial charge in [0.2, 0.25) is 0 Å². The van der Waals surface area contributed by atoms with E-state index in [-0.39, 0.29) is 34.8 Å². The zero-order valence-corrected chi connectivity index (χ0v) is 23.3. The standard InChI is InChI=1S/C29H29ClF2N6O4/c30-18-13-22(25(26(31)32)35-14-18)27(39)36-20-7-5-17(6-8-20)16-37-23-3-1-2-4-24(23)38(29(37)41)21-10-9-19(34-15-21)11-12-42-28(33)40/h1-4,9-10,13-15,17,20,26H,5-8,11-12,16H2,(H2,33,40)(H,36,39)/t17-,20-. The molecule has 220 valence electrons. The van der Waals surface area contributed by atoms with Crippen molar-refractivity contribution in [3.05, 3.63) is 87.3 Å². The lowest BCUT2D eigenvalue weighted by molar-refractivity contribution is 0.0904. The van der Waals surface area contributed by atoms with E-state index in [4.69, 9.17) is 22.1 Å². The van der Waals surface area contributed by atoms with E-state index in [1.807, 2.05) is 24.3 Å². The molecule has 5 rings (SSSR count). The number of fused-ring (bicyclic) bond motifs is 1. The average Bonchev–Trinajstić information content (AvgIpc) is 3.24. The molecule has 3 N–H and O–H groups in total. The topological polar surface area (TPSA) is 134 Å². The van der Waals surface area contributed by atoms with Crippen molar-refractivity contribution >= 4 is 34.6 Å². The Hall–Kier alpha value is -4.32. The number of aromatic nitrogens is 4. The summed E-state index contributed by atoms with van der Waals surface area (Å²) >= 11 is 5.90. The number of carbonyl (C=O) groups is 2. The highest BCUT2D eigenvalue weighted by Crippen LogP contribution is 2.29. The maximum Gasteiger partial charge on any atom is 0.404 e. The van der Waals surface area contributed by atoms with Gasteiger partial charge in [-0.15, -0.1) is 0 Å². The van der Waals surface area contributed by atoms with Crippen molar-refractivity contribution < 1.29 is 23.1 Å². The van der Waals surface area contributed by atoms with Gasteiger partial charge in [-0.1, -0.05) is 23.7 Å².